The van der Waals surface area contributed by atoms with E-state index in [-0.39, 0.29) is 0 Å². The predicted octanol–water partition coefficient (Wildman–Crippen LogP) is 1.94. The molecule has 0 amide bonds. The van der Waals surface area contributed by atoms with Gasteiger partial charge in [0.1, 0.15) is 0 Å². The molecule has 0 aromatic heterocycles. The molecule has 3 unspecified atom stereocenters. The zero-order valence-electron chi connectivity index (χ0n) is 7.51. The molecule has 0 saturated carbocycles. The Labute approximate surface area is 75.4 Å². The first-order valence-corrected chi connectivity index (χ1v) is 5.25. The van der Waals surface area contributed by atoms with E-state index in [1.165, 1.54) is 19.4 Å². The van der Waals surface area contributed by atoms with Gasteiger partial charge in [-0.3, -0.25) is 0 Å². The van der Waals surface area contributed by atoms with Gasteiger partial charge in [-0.2, -0.15) is 12.6 Å². The highest BCUT2D eigenvalue weighted by Crippen LogP contribution is 2.22. The van der Waals surface area contributed by atoms with E-state index in [4.69, 9.17) is 0 Å². The van der Waals surface area contributed by atoms with Gasteiger partial charge in [0.05, 0.1) is 0 Å². The maximum Gasteiger partial charge on any atom is 0.00903 e. The minimum Gasteiger partial charge on any atom is -0.313 e. The van der Waals surface area contributed by atoms with Gasteiger partial charge in [-0.05, 0) is 37.0 Å². The van der Waals surface area contributed by atoms with Crippen LogP contribution in [0.5, 0.6) is 0 Å². The zero-order valence-corrected chi connectivity index (χ0v) is 8.40. The molecule has 1 saturated heterocycles. The van der Waals surface area contributed by atoms with E-state index in [1.807, 2.05) is 0 Å². The molecular weight excluding hydrogens is 154 g/mol. The number of hydrogen-bond acceptors (Lipinski definition) is 2. The van der Waals surface area contributed by atoms with Crippen LogP contribution in [0, 0.1) is 11.8 Å². The predicted molar refractivity (Wildman–Crippen MR) is 53.2 cm³/mol. The van der Waals surface area contributed by atoms with Gasteiger partial charge >= 0.3 is 0 Å². The number of hydrogen-bond donors (Lipinski definition) is 2. The Morgan fingerprint density at radius 1 is 1.55 bits per heavy atom. The minimum atomic E-state index is 0.756. The molecule has 1 aliphatic heterocycles. The normalized spacial score (nSPS) is 39.0. The standard InChI is InChI=1S/C9H19NS/c1-3-9-7(2)4-8(6-11)5-10-9/h7-11H,3-6H2,1-2H3. The lowest BCUT2D eigenvalue weighted by Crippen LogP contribution is -2.44. The summed E-state index contributed by atoms with van der Waals surface area (Å²) in [6.07, 6.45) is 2.62. The van der Waals surface area contributed by atoms with Crippen molar-refractivity contribution in [2.75, 3.05) is 12.3 Å². The number of rotatable bonds is 2. The fourth-order valence-corrected chi connectivity index (χ4v) is 2.26. The van der Waals surface area contributed by atoms with Crippen LogP contribution in [-0.2, 0) is 0 Å². The number of piperidine rings is 1. The first kappa shape index (κ1) is 9.40. The molecule has 1 N–H and O–H groups in total. The summed E-state index contributed by atoms with van der Waals surface area (Å²) in [7, 11) is 0. The first-order valence-electron chi connectivity index (χ1n) is 4.62. The Morgan fingerprint density at radius 2 is 2.27 bits per heavy atom. The zero-order chi connectivity index (χ0) is 8.27. The van der Waals surface area contributed by atoms with Crippen molar-refractivity contribution in [3.8, 4) is 0 Å². The summed E-state index contributed by atoms with van der Waals surface area (Å²) in [5.74, 6) is 2.68. The van der Waals surface area contributed by atoms with Gasteiger partial charge < -0.3 is 5.32 Å². The van der Waals surface area contributed by atoms with Gasteiger partial charge in [-0.1, -0.05) is 13.8 Å². The summed E-state index contributed by atoms with van der Waals surface area (Å²) in [5, 5.41) is 3.57. The SMILES string of the molecule is CCC1NCC(CS)CC1C. The molecule has 0 radical (unpaired) electrons. The molecule has 0 aromatic carbocycles. The summed E-state index contributed by atoms with van der Waals surface area (Å²) in [5.41, 5.74) is 0. The van der Waals surface area contributed by atoms with E-state index in [2.05, 4.69) is 31.8 Å². The second-order valence-electron chi connectivity index (χ2n) is 3.68. The van der Waals surface area contributed by atoms with Crippen molar-refractivity contribution in [3.63, 3.8) is 0 Å². The molecule has 1 nitrogen and oxygen atoms in total. The van der Waals surface area contributed by atoms with Gasteiger partial charge in [0.15, 0.2) is 0 Å². The molecule has 11 heavy (non-hydrogen) atoms. The second-order valence-corrected chi connectivity index (χ2v) is 4.05. The summed E-state index contributed by atoms with van der Waals surface area (Å²) in [4.78, 5) is 0. The van der Waals surface area contributed by atoms with Crippen molar-refractivity contribution < 1.29 is 0 Å². The molecule has 1 fully saturated rings. The summed E-state index contributed by atoms with van der Waals surface area (Å²) >= 11 is 4.32. The van der Waals surface area contributed by atoms with Crippen LogP contribution in [0.3, 0.4) is 0 Å². The molecule has 3 atom stereocenters. The minimum absolute atomic E-state index is 0.756. The van der Waals surface area contributed by atoms with E-state index in [1.54, 1.807) is 0 Å². The van der Waals surface area contributed by atoms with Gasteiger partial charge in [0, 0.05) is 6.04 Å². The van der Waals surface area contributed by atoms with E-state index in [0.29, 0.717) is 0 Å². The monoisotopic (exact) mass is 173 g/mol. The van der Waals surface area contributed by atoms with E-state index < -0.39 is 0 Å². The molecular formula is C9H19NS. The first-order chi connectivity index (χ1) is 5.27. The maximum atomic E-state index is 4.32. The topological polar surface area (TPSA) is 12.0 Å². The van der Waals surface area contributed by atoms with Crippen LogP contribution in [-0.4, -0.2) is 18.3 Å². The third-order valence-corrected chi connectivity index (χ3v) is 3.28. The van der Waals surface area contributed by atoms with E-state index in [0.717, 1.165) is 23.6 Å². The summed E-state index contributed by atoms with van der Waals surface area (Å²) in [6.45, 7) is 5.78. The molecule has 1 heterocycles. The molecule has 2 heteroatoms. The van der Waals surface area contributed by atoms with Crippen molar-refractivity contribution in [2.45, 2.75) is 32.7 Å². The van der Waals surface area contributed by atoms with Gasteiger partial charge in [0.2, 0.25) is 0 Å². The van der Waals surface area contributed by atoms with Crippen LogP contribution in [0.15, 0.2) is 0 Å². The highest BCUT2D eigenvalue weighted by atomic mass is 32.1. The summed E-state index contributed by atoms with van der Waals surface area (Å²) in [6, 6.07) is 0.756. The molecule has 66 valence electrons. The Bertz CT molecular complexity index is 116. The number of thiol groups is 1. The number of nitrogens with one attached hydrogen (secondary N) is 1. The average molecular weight is 173 g/mol. The van der Waals surface area contributed by atoms with Crippen molar-refractivity contribution in [1.82, 2.24) is 5.32 Å². The maximum absolute atomic E-state index is 4.32. The highest BCUT2D eigenvalue weighted by Gasteiger charge is 2.24. The van der Waals surface area contributed by atoms with Crippen LogP contribution in [0.2, 0.25) is 0 Å². The van der Waals surface area contributed by atoms with Crippen LogP contribution in [0.1, 0.15) is 26.7 Å². The van der Waals surface area contributed by atoms with Crippen LogP contribution >= 0.6 is 12.6 Å². The Hall–Kier alpha value is 0.310. The van der Waals surface area contributed by atoms with Crippen LogP contribution in [0.4, 0.5) is 0 Å². The van der Waals surface area contributed by atoms with Crippen molar-refractivity contribution >= 4 is 12.6 Å². The smallest absolute Gasteiger partial charge is 0.00903 e. The van der Waals surface area contributed by atoms with Gasteiger partial charge in [-0.15, -0.1) is 0 Å². The Morgan fingerprint density at radius 3 is 2.73 bits per heavy atom. The van der Waals surface area contributed by atoms with Crippen molar-refractivity contribution in [1.29, 1.82) is 0 Å². The lowest BCUT2D eigenvalue weighted by Gasteiger charge is -2.34. The highest BCUT2D eigenvalue weighted by molar-refractivity contribution is 7.80. The van der Waals surface area contributed by atoms with E-state index >= 15 is 0 Å². The average Bonchev–Trinajstić information content (AvgIpc) is 2.04. The van der Waals surface area contributed by atoms with Crippen molar-refractivity contribution in [2.24, 2.45) is 11.8 Å². The lowest BCUT2D eigenvalue weighted by atomic mass is 9.86. The molecule has 1 rings (SSSR count). The molecule has 0 spiro atoms. The largest absolute Gasteiger partial charge is 0.313 e. The third-order valence-electron chi connectivity index (χ3n) is 2.76. The fraction of sp³-hybridized carbons (Fsp3) is 1.00. The lowest BCUT2D eigenvalue weighted by molar-refractivity contribution is 0.242. The van der Waals surface area contributed by atoms with Gasteiger partial charge in [0.25, 0.3) is 0 Å². The van der Waals surface area contributed by atoms with Crippen molar-refractivity contribution in [3.05, 3.63) is 0 Å². The Kier molecular flexibility index (Phi) is 3.73. The molecule has 1 aliphatic rings. The third kappa shape index (κ3) is 2.38. The van der Waals surface area contributed by atoms with Crippen LogP contribution in [0.25, 0.3) is 0 Å². The second kappa shape index (κ2) is 4.36. The van der Waals surface area contributed by atoms with Crippen LogP contribution < -0.4 is 5.32 Å². The molecule has 0 aromatic rings. The molecule has 0 bridgehead atoms. The Balaban J connectivity index is 2.34. The fourth-order valence-electron chi connectivity index (χ4n) is 1.98. The van der Waals surface area contributed by atoms with E-state index in [9.17, 15) is 0 Å². The molecule has 0 aliphatic carbocycles. The quantitative estimate of drug-likeness (QED) is 0.608. The summed E-state index contributed by atoms with van der Waals surface area (Å²) < 4.78 is 0. The van der Waals surface area contributed by atoms with Gasteiger partial charge in [-0.25, -0.2) is 0 Å².